The van der Waals surface area contributed by atoms with Crippen molar-refractivity contribution in [3.05, 3.63) is 22.3 Å². The van der Waals surface area contributed by atoms with Gasteiger partial charge >= 0.3 is 0 Å². The Bertz CT molecular complexity index is 204. The van der Waals surface area contributed by atoms with Gasteiger partial charge in [-0.1, -0.05) is 23.2 Å². The number of hydrogen-bond acceptors (Lipinski definition) is 2. The maximum Gasteiger partial charge on any atom is 0.143 e. The first kappa shape index (κ1) is 6.65. The number of nitrogen functional groups attached to an aromatic ring is 1. The molecular weight excluding hydrogens is 159 g/mol. The van der Waals surface area contributed by atoms with Crippen LogP contribution in [0.1, 0.15) is 0 Å². The van der Waals surface area contributed by atoms with Crippen LogP contribution in [0.15, 0.2) is 12.3 Å². The second kappa shape index (κ2) is 2.42. The molecule has 0 aliphatic carbocycles. The Hall–Kier alpha value is -0.470. The van der Waals surface area contributed by atoms with E-state index in [1.165, 1.54) is 6.20 Å². The van der Waals surface area contributed by atoms with Crippen LogP contribution in [-0.2, 0) is 0 Å². The van der Waals surface area contributed by atoms with E-state index in [0.29, 0.717) is 10.0 Å². The normalized spacial score (nSPS) is 9.56. The fraction of sp³-hybridized carbons (Fsp3) is 0. The van der Waals surface area contributed by atoms with E-state index in [9.17, 15) is 0 Å². The number of nitrogens with two attached hydrogens (primary N) is 1. The van der Waals surface area contributed by atoms with Gasteiger partial charge < -0.3 is 5.73 Å². The third-order valence-corrected chi connectivity index (χ3v) is 1.68. The summed E-state index contributed by atoms with van der Waals surface area (Å²) in [6.07, 6.45) is 1.50. The zero-order valence-electron chi connectivity index (χ0n) is 4.44. The minimum absolute atomic E-state index is 0.268. The quantitative estimate of drug-likeness (QED) is 0.634. The van der Waals surface area contributed by atoms with Crippen molar-refractivity contribution in [2.75, 3.05) is 5.73 Å². The lowest BCUT2D eigenvalue weighted by molar-refractivity contribution is 1.34. The topological polar surface area (TPSA) is 38.9 Å². The predicted molar refractivity (Wildman–Crippen MR) is 38.7 cm³/mol. The van der Waals surface area contributed by atoms with Crippen LogP contribution in [0, 0.1) is 0 Å². The minimum atomic E-state index is 0.268. The summed E-state index contributed by atoms with van der Waals surface area (Å²) in [5.41, 5.74) is 5.29. The number of aromatic nitrogens is 1. The van der Waals surface area contributed by atoms with E-state index in [-0.39, 0.29) is 5.82 Å². The molecule has 2 nitrogen and oxygen atoms in total. The average Bonchev–Trinajstić information content (AvgIpc) is 1.83. The zero-order chi connectivity index (χ0) is 6.85. The molecule has 0 aliphatic heterocycles. The lowest BCUT2D eigenvalue weighted by Crippen LogP contribution is -1.89. The summed E-state index contributed by atoms with van der Waals surface area (Å²) in [7, 11) is 0. The summed E-state index contributed by atoms with van der Waals surface area (Å²) in [6.45, 7) is 0. The van der Waals surface area contributed by atoms with Crippen LogP contribution < -0.4 is 5.73 Å². The molecule has 1 heterocycles. The average molecular weight is 163 g/mol. The fourth-order valence-electron chi connectivity index (χ4n) is 0.435. The highest BCUT2D eigenvalue weighted by atomic mass is 35.5. The van der Waals surface area contributed by atoms with Crippen LogP contribution >= 0.6 is 23.2 Å². The summed E-state index contributed by atoms with van der Waals surface area (Å²) in [6, 6.07) is 1.58. The number of nitrogens with zero attached hydrogens (tertiary/aromatic N) is 1. The van der Waals surface area contributed by atoms with E-state index < -0.39 is 0 Å². The van der Waals surface area contributed by atoms with Crippen LogP contribution in [-0.4, -0.2) is 4.98 Å². The number of anilines is 1. The van der Waals surface area contributed by atoms with Gasteiger partial charge in [0.2, 0.25) is 0 Å². The van der Waals surface area contributed by atoms with Crippen molar-refractivity contribution in [1.82, 2.24) is 4.98 Å². The second-order valence-electron chi connectivity index (χ2n) is 1.49. The predicted octanol–water partition coefficient (Wildman–Crippen LogP) is 1.97. The molecule has 9 heavy (non-hydrogen) atoms. The van der Waals surface area contributed by atoms with Crippen LogP contribution in [0.25, 0.3) is 0 Å². The molecule has 0 radical (unpaired) electrons. The number of pyridine rings is 1. The van der Waals surface area contributed by atoms with Gasteiger partial charge in [0.25, 0.3) is 0 Å². The Labute approximate surface area is 62.6 Å². The van der Waals surface area contributed by atoms with Gasteiger partial charge in [-0.3, -0.25) is 0 Å². The summed E-state index contributed by atoms with van der Waals surface area (Å²) >= 11 is 11.1. The van der Waals surface area contributed by atoms with Crippen molar-refractivity contribution in [1.29, 1.82) is 0 Å². The first-order valence-corrected chi connectivity index (χ1v) is 3.03. The van der Waals surface area contributed by atoms with Crippen molar-refractivity contribution in [3.8, 4) is 0 Å². The van der Waals surface area contributed by atoms with Crippen molar-refractivity contribution < 1.29 is 0 Å². The maximum atomic E-state index is 5.56. The number of rotatable bonds is 0. The molecule has 0 fully saturated rings. The van der Waals surface area contributed by atoms with Gasteiger partial charge in [-0.05, 0) is 6.07 Å². The largest absolute Gasteiger partial charge is 0.382 e. The maximum absolute atomic E-state index is 5.56. The van der Waals surface area contributed by atoms with Crippen molar-refractivity contribution in [3.63, 3.8) is 0 Å². The Kier molecular flexibility index (Phi) is 1.78. The molecule has 0 bridgehead atoms. The van der Waals surface area contributed by atoms with E-state index in [1.807, 2.05) is 0 Å². The van der Waals surface area contributed by atoms with E-state index in [1.54, 1.807) is 6.07 Å². The molecule has 0 spiro atoms. The fourth-order valence-corrected chi connectivity index (χ4v) is 0.700. The molecule has 2 N–H and O–H groups in total. The smallest absolute Gasteiger partial charge is 0.143 e. The third-order valence-electron chi connectivity index (χ3n) is 0.869. The van der Waals surface area contributed by atoms with Gasteiger partial charge in [0.05, 0.1) is 5.02 Å². The van der Waals surface area contributed by atoms with Crippen LogP contribution in [0.3, 0.4) is 0 Å². The Morgan fingerprint density at radius 3 is 2.56 bits per heavy atom. The number of halogens is 2. The summed E-state index contributed by atoms with van der Waals surface area (Å²) < 4.78 is 0. The molecular formula is C5H4Cl2N2. The zero-order valence-corrected chi connectivity index (χ0v) is 5.95. The number of hydrogen-bond donors (Lipinski definition) is 1. The molecule has 1 aromatic rings. The second-order valence-corrected chi connectivity index (χ2v) is 2.28. The van der Waals surface area contributed by atoms with Crippen molar-refractivity contribution in [2.45, 2.75) is 0 Å². The lowest BCUT2D eigenvalue weighted by Gasteiger charge is -1.95. The van der Waals surface area contributed by atoms with Crippen LogP contribution in [0.2, 0.25) is 10.0 Å². The van der Waals surface area contributed by atoms with Gasteiger partial charge in [-0.2, -0.15) is 0 Å². The van der Waals surface area contributed by atoms with Gasteiger partial charge in [0.1, 0.15) is 10.8 Å². The van der Waals surface area contributed by atoms with Gasteiger partial charge in [-0.15, -0.1) is 0 Å². The molecule has 0 atom stereocenters. The van der Waals surface area contributed by atoms with Crippen molar-refractivity contribution >= 4 is 29.0 Å². The molecule has 1 aromatic heterocycles. The van der Waals surface area contributed by atoms with Crippen LogP contribution in [0.4, 0.5) is 5.82 Å². The highest BCUT2D eigenvalue weighted by Crippen LogP contribution is 2.24. The molecule has 1 rings (SSSR count). The molecule has 0 saturated heterocycles. The summed E-state index contributed by atoms with van der Waals surface area (Å²) in [5, 5.41) is 0.753. The Morgan fingerprint density at radius 1 is 1.44 bits per heavy atom. The van der Waals surface area contributed by atoms with E-state index in [2.05, 4.69) is 4.98 Å². The van der Waals surface area contributed by atoms with Gasteiger partial charge in [0.15, 0.2) is 0 Å². The third kappa shape index (κ3) is 1.26. The lowest BCUT2D eigenvalue weighted by atomic mass is 10.5. The highest BCUT2D eigenvalue weighted by molar-refractivity contribution is 6.43. The molecule has 0 aromatic carbocycles. The van der Waals surface area contributed by atoms with E-state index in [4.69, 9.17) is 28.9 Å². The highest BCUT2D eigenvalue weighted by Gasteiger charge is 1.99. The van der Waals surface area contributed by atoms with Gasteiger partial charge in [0, 0.05) is 6.20 Å². The van der Waals surface area contributed by atoms with Crippen LogP contribution in [0.5, 0.6) is 0 Å². The van der Waals surface area contributed by atoms with Crippen molar-refractivity contribution in [2.24, 2.45) is 0 Å². The molecule has 0 saturated carbocycles. The summed E-state index contributed by atoms with van der Waals surface area (Å²) in [4.78, 5) is 3.70. The molecule has 0 unspecified atom stereocenters. The standard InChI is InChI=1S/C5H4Cl2N2/c6-3-1-2-9-5(8)4(3)7/h1-2H,(H2,8,9). The molecule has 0 aliphatic rings. The monoisotopic (exact) mass is 162 g/mol. The first-order valence-electron chi connectivity index (χ1n) is 2.27. The molecule has 48 valence electrons. The van der Waals surface area contributed by atoms with E-state index in [0.717, 1.165) is 0 Å². The minimum Gasteiger partial charge on any atom is -0.382 e. The Morgan fingerprint density at radius 2 is 2.11 bits per heavy atom. The summed E-state index contributed by atoms with van der Waals surface area (Å²) in [5.74, 6) is 0.268. The SMILES string of the molecule is Nc1nccc(Cl)c1Cl. The molecule has 0 amide bonds. The van der Waals surface area contributed by atoms with E-state index >= 15 is 0 Å². The van der Waals surface area contributed by atoms with Gasteiger partial charge in [-0.25, -0.2) is 4.98 Å². The first-order chi connectivity index (χ1) is 4.22. The Balaban J connectivity index is 3.25. The molecule has 4 heteroatoms.